The van der Waals surface area contributed by atoms with E-state index in [1.165, 1.54) is 11.1 Å². The SMILES string of the molecule is Cc1cc(C(=O)N2CCc3ccccc3C2)nc(Nc2ccc(C)c(Cl)c2)n1. The molecule has 0 bridgehead atoms. The van der Waals surface area contributed by atoms with Gasteiger partial charge in [-0.15, -0.1) is 0 Å². The van der Waals surface area contributed by atoms with Crippen molar-refractivity contribution in [2.75, 3.05) is 11.9 Å². The molecule has 5 nitrogen and oxygen atoms in total. The van der Waals surface area contributed by atoms with Gasteiger partial charge in [0.15, 0.2) is 0 Å². The number of anilines is 2. The highest BCUT2D eigenvalue weighted by molar-refractivity contribution is 6.31. The van der Waals surface area contributed by atoms with Crippen LogP contribution in [0.25, 0.3) is 0 Å². The van der Waals surface area contributed by atoms with Crippen molar-refractivity contribution in [2.45, 2.75) is 26.8 Å². The fourth-order valence-electron chi connectivity index (χ4n) is 3.36. The third-order valence-electron chi connectivity index (χ3n) is 4.92. The number of fused-ring (bicyclic) bond motifs is 1. The molecule has 0 unspecified atom stereocenters. The molecule has 6 heteroatoms. The largest absolute Gasteiger partial charge is 0.333 e. The quantitative estimate of drug-likeness (QED) is 0.702. The van der Waals surface area contributed by atoms with Crippen molar-refractivity contribution in [2.24, 2.45) is 0 Å². The minimum atomic E-state index is -0.0787. The van der Waals surface area contributed by atoms with Crippen LogP contribution in [0.4, 0.5) is 11.6 Å². The van der Waals surface area contributed by atoms with Crippen molar-refractivity contribution in [1.82, 2.24) is 14.9 Å². The van der Waals surface area contributed by atoms with Crippen LogP contribution in [0.1, 0.15) is 32.9 Å². The molecule has 142 valence electrons. The van der Waals surface area contributed by atoms with Gasteiger partial charge in [-0.3, -0.25) is 4.79 Å². The van der Waals surface area contributed by atoms with E-state index in [-0.39, 0.29) is 5.91 Å². The van der Waals surface area contributed by atoms with E-state index in [2.05, 4.69) is 27.4 Å². The molecular weight excluding hydrogens is 372 g/mol. The molecular formula is C22H21ClN4O. The number of hydrogen-bond donors (Lipinski definition) is 1. The molecule has 2 heterocycles. The first-order valence-corrected chi connectivity index (χ1v) is 9.62. The van der Waals surface area contributed by atoms with Crippen molar-refractivity contribution in [1.29, 1.82) is 0 Å². The molecule has 1 aliphatic rings. The number of halogens is 1. The summed E-state index contributed by atoms with van der Waals surface area (Å²) in [5.74, 6) is 0.311. The monoisotopic (exact) mass is 392 g/mol. The van der Waals surface area contributed by atoms with E-state index in [1.807, 2.05) is 49.1 Å². The van der Waals surface area contributed by atoms with Gasteiger partial charge in [-0.05, 0) is 55.2 Å². The number of carbonyl (C=O) groups is 1. The first-order chi connectivity index (χ1) is 13.5. The van der Waals surface area contributed by atoms with E-state index in [4.69, 9.17) is 11.6 Å². The first kappa shape index (κ1) is 18.4. The second kappa shape index (κ2) is 7.60. The lowest BCUT2D eigenvalue weighted by atomic mass is 10.00. The highest BCUT2D eigenvalue weighted by Crippen LogP contribution is 2.23. The Morgan fingerprint density at radius 2 is 1.86 bits per heavy atom. The molecule has 0 fully saturated rings. The zero-order valence-corrected chi connectivity index (χ0v) is 16.6. The Labute approximate surface area is 169 Å². The van der Waals surface area contributed by atoms with Gasteiger partial charge in [0.25, 0.3) is 5.91 Å². The van der Waals surface area contributed by atoms with Crippen molar-refractivity contribution >= 4 is 29.1 Å². The fraction of sp³-hybridized carbons (Fsp3) is 0.227. The summed E-state index contributed by atoms with van der Waals surface area (Å²) in [4.78, 5) is 23.8. The smallest absolute Gasteiger partial charge is 0.272 e. The van der Waals surface area contributed by atoms with Crippen LogP contribution in [0.3, 0.4) is 0 Å². The van der Waals surface area contributed by atoms with Gasteiger partial charge in [0, 0.05) is 29.5 Å². The van der Waals surface area contributed by atoms with Crippen molar-refractivity contribution in [3.8, 4) is 0 Å². The van der Waals surface area contributed by atoms with Gasteiger partial charge in [0.2, 0.25) is 5.95 Å². The van der Waals surface area contributed by atoms with Crippen LogP contribution < -0.4 is 5.32 Å². The molecule has 4 rings (SSSR count). The number of hydrogen-bond acceptors (Lipinski definition) is 4. The second-order valence-electron chi connectivity index (χ2n) is 7.05. The zero-order valence-electron chi connectivity index (χ0n) is 15.9. The molecule has 2 aromatic carbocycles. The van der Waals surface area contributed by atoms with Gasteiger partial charge in [-0.2, -0.15) is 0 Å². The molecule has 0 saturated heterocycles. The number of aromatic nitrogens is 2. The van der Waals surface area contributed by atoms with E-state index in [1.54, 1.807) is 6.07 Å². The summed E-state index contributed by atoms with van der Waals surface area (Å²) in [6, 6.07) is 15.7. The lowest BCUT2D eigenvalue weighted by Gasteiger charge is -2.28. The number of nitrogens with zero attached hydrogens (tertiary/aromatic N) is 3. The minimum absolute atomic E-state index is 0.0787. The van der Waals surface area contributed by atoms with E-state index in [9.17, 15) is 4.79 Å². The van der Waals surface area contributed by atoms with Gasteiger partial charge < -0.3 is 10.2 Å². The van der Waals surface area contributed by atoms with Crippen LogP contribution in [-0.4, -0.2) is 27.3 Å². The first-order valence-electron chi connectivity index (χ1n) is 9.24. The van der Waals surface area contributed by atoms with Gasteiger partial charge in [0.05, 0.1) is 0 Å². The maximum absolute atomic E-state index is 13.1. The van der Waals surface area contributed by atoms with E-state index in [0.717, 1.165) is 23.4 Å². The lowest BCUT2D eigenvalue weighted by molar-refractivity contribution is 0.0728. The number of carbonyl (C=O) groups excluding carboxylic acids is 1. The van der Waals surface area contributed by atoms with Crippen LogP contribution >= 0.6 is 11.6 Å². The predicted molar refractivity (Wildman–Crippen MR) is 111 cm³/mol. The van der Waals surface area contributed by atoms with E-state index < -0.39 is 0 Å². The van der Waals surface area contributed by atoms with Crippen LogP contribution in [0.15, 0.2) is 48.5 Å². The molecule has 28 heavy (non-hydrogen) atoms. The Morgan fingerprint density at radius 1 is 1.07 bits per heavy atom. The highest BCUT2D eigenvalue weighted by atomic mass is 35.5. The topological polar surface area (TPSA) is 58.1 Å². The summed E-state index contributed by atoms with van der Waals surface area (Å²) >= 11 is 6.19. The van der Waals surface area contributed by atoms with Crippen molar-refractivity contribution in [3.63, 3.8) is 0 Å². The standard InChI is InChI=1S/C22H21ClN4O/c1-14-7-8-18(12-19(14)23)25-22-24-15(2)11-20(26-22)21(28)27-10-9-16-5-3-4-6-17(16)13-27/h3-8,11-12H,9-10,13H2,1-2H3,(H,24,25,26). The fourth-order valence-corrected chi connectivity index (χ4v) is 3.55. The Hall–Kier alpha value is -2.92. The van der Waals surface area contributed by atoms with Gasteiger partial charge in [-0.1, -0.05) is 41.9 Å². The maximum atomic E-state index is 13.1. The highest BCUT2D eigenvalue weighted by Gasteiger charge is 2.23. The lowest BCUT2D eigenvalue weighted by Crippen LogP contribution is -2.36. The normalized spacial score (nSPS) is 13.2. The maximum Gasteiger partial charge on any atom is 0.272 e. The molecule has 0 aliphatic carbocycles. The molecule has 0 saturated carbocycles. The minimum Gasteiger partial charge on any atom is -0.333 e. The number of amides is 1. The van der Waals surface area contributed by atoms with Crippen molar-refractivity contribution in [3.05, 3.63) is 81.6 Å². The molecule has 1 aromatic heterocycles. The zero-order chi connectivity index (χ0) is 19.7. The van der Waals surface area contributed by atoms with Gasteiger partial charge in [-0.25, -0.2) is 9.97 Å². The molecule has 0 spiro atoms. The number of benzene rings is 2. The summed E-state index contributed by atoms with van der Waals surface area (Å²) in [6.07, 6.45) is 0.860. The summed E-state index contributed by atoms with van der Waals surface area (Å²) < 4.78 is 0. The summed E-state index contributed by atoms with van der Waals surface area (Å²) in [6.45, 7) is 5.10. The Balaban J connectivity index is 1.56. The number of aryl methyl sites for hydroxylation is 2. The molecule has 3 aromatic rings. The second-order valence-corrected chi connectivity index (χ2v) is 7.46. The molecule has 0 radical (unpaired) electrons. The third kappa shape index (κ3) is 3.85. The van der Waals surface area contributed by atoms with E-state index in [0.29, 0.717) is 29.8 Å². The molecule has 1 amide bonds. The molecule has 1 aliphatic heterocycles. The number of nitrogens with one attached hydrogen (secondary N) is 1. The Morgan fingerprint density at radius 3 is 2.64 bits per heavy atom. The summed E-state index contributed by atoms with van der Waals surface area (Å²) in [5.41, 5.74) is 5.42. The van der Waals surface area contributed by atoms with Crippen LogP contribution in [0.2, 0.25) is 5.02 Å². The third-order valence-corrected chi connectivity index (χ3v) is 5.33. The summed E-state index contributed by atoms with van der Waals surface area (Å²) in [5, 5.41) is 3.82. The Bertz CT molecular complexity index is 1050. The predicted octanol–water partition coefficient (Wildman–Crippen LogP) is 4.69. The van der Waals surface area contributed by atoms with Gasteiger partial charge in [0.1, 0.15) is 5.69 Å². The Kier molecular flexibility index (Phi) is 5.01. The van der Waals surface area contributed by atoms with E-state index >= 15 is 0 Å². The van der Waals surface area contributed by atoms with Crippen LogP contribution in [0.5, 0.6) is 0 Å². The average molecular weight is 393 g/mol. The number of rotatable bonds is 3. The van der Waals surface area contributed by atoms with Crippen molar-refractivity contribution < 1.29 is 4.79 Å². The summed E-state index contributed by atoms with van der Waals surface area (Å²) in [7, 11) is 0. The van der Waals surface area contributed by atoms with Crippen LogP contribution in [-0.2, 0) is 13.0 Å². The molecule has 1 N–H and O–H groups in total. The average Bonchev–Trinajstić information content (AvgIpc) is 2.69. The van der Waals surface area contributed by atoms with Crippen LogP contribution in [0, 0.1) is 13.8 Å². The molecule has 0 atom stereocenters. The van der Waals surface area contributed by atoms with Gasteiger partial charge >= 0.3 is 0 Å².